The molecule has 0 aliphatic rings. The zero-order valence-electron chi connectivity index (χ0n) is 14.2. The number of benzene rings is 1. The first-order chi connectivity index (χ1) is 11.0. The Morgan fingerprint density at radius 2 is 2.04 bits per heavy atom. The lowest BCUT2D eigenvalue weighted by Crippen LogP contribution is -2.32. The lowest BCUT2D eigenvalue weighted by molar-refractivity contribution is 0.0933. The molecule has 2 rings (SSSR count). The maximum Gasteiger partial charge on any atom is 0.272 e. The van der Waals surface area contributed by atoms with Crippen molar-refractivity contribution < 1.29 is 14.3 Å². The molecule has 6 nitrogen and oxygen atoms in total. The van der Waals surface area contributed by atoms with Gasteiger partial charge >= 0.3 is 0 Å². The summed E-state index contributed by atoms with van der Waals surface area (Å²) in [7, 11) is 5.02. The Morgan fingerprint density at radius 1 is 1.30 bits per heavy atom. The zero-order valence-corrected chi connectivity index (χ0v) is 14.2. The monoisotopic (exact) mass is 317 g/mol. The van der Waals surface area contributed by atoms with Gasteiger partial charge in [-0.3, -0.25) is 9.48 Å². The van der Waals surface area contributed by atoms with Gasteiger partial charge in [0.15, 0.2) is 5.69 Å². The molecule has 23 heavy (non-hydrogen) atoms. The average Bonchev–Trinajstić information content (AvgIpc) is 2.95. The summed E-state index contributed by atoms with van der Waals surface area (Å²) in [6.07, 6.45) is 0.870. The lowest BCUT2D eigenvalue weighted by atomic mass is 10.1. The fraction of sp³-hybridized carbons (Fsp3) is 0.412. The van der Waals surface area contributed by atoms with E-state index in [1.807, 2.05) is 32.0 Å². The van der Waals surface area contributed by atoms with Crippen LogP contribution in [0.4, 0.5) is 0 Å². The Balaban J connectivity index is 2.40. The molecular weight excluding hydrogens is 294 g/mol. The molecule has 0 fully saturated rings. The van der Waals surface area contributed by atoms with E-state index in [-0.39, 0.29) is 11.9 Å². The van der Waals surface area contributed by atoms with Gasteiger partial charge in [0, 0.05) is 18.7 Å². The highest BCUT2D eigenvalue weighted by molar-refractivity contribution is 5.93. The predicted octanol–water partition coefficient (Wildman–Crippen LogP) is 2.63. The molecule has 1 N–H and O–H groups in total. The van der Waals surface area contributed by atoms with Gasteiger partial charge in [0.25, 0.3) is 5.91 Å². The van der Waals surface area contributed by atoms with Crippen LogP contribution in [0.5, 0.6) is 11.5 Å². The number of carbonyl (C=O) groups excluding carboxylic acids is 1. The summed E-state index contributed by atoms with van der Waals surface area (Å²) in [5.41, 5.74) is 1.99. The van der Waals surface area contributed by atoms with Crippen molar-refractivity contribution >= 4 is 5.91 Å². The molecule has 6 heteroatoms. The van der Waals surface area contributed by atoms with E-state index in [1.54, 1.807) is 32.0 Å². The zero-order chi connectivity index (χ0) is 17.0. The van der Waals surface area contributed by atoms with E-state index in [0.717, 1.165) is 17.7 Å². The van der Waals surface area contributed by atoms with Crippen LogP contribution in [0.2, 0.25) is 0 Å². The van der Waals surface area contributed by atoms with Gasteiger partial charge in [-0.25, -0.2) is 0 Å². The van der Waals surface area contributed by atoms with Gasteiger partial charge in [-0.05, 0) is 37.6 Å². The molecule has 1 heterocycles. The molecule has 0 bridgehead atoms. The molecular formula is C17H23N3O3. The molecule has 0 aliphatic carbocycles. The van der Waals surface area contributed by atoms with Crippen LogP contribution in [0, 0.1) is 0 Å². The van der Waals surface area contributed by atoms with E-state index in [4.69, 9.17) is 9.47 Å². The summed E-state index contributed by atoms with van der Waals surface area (Å²) in [4.78, 5) is 12.2. The quantitative estimate of drug-likeness (QED) is 0.889. The number of nitrogens with one attached hydrogen (secondary N) is 1. The van der Waals surface area contributed by atoms with Crippen LogP contribution in [0.1, 0.15) is 30.8 Å². The van der Waals surface area contributed by atoms with Crippen molar-refractivity contribution in [1.29, 1.82) is 0 Å². The first-order valence-electron chi connectivity index (χ1n) is 7.57. The SMILES string of the molecule is CCC(C)NC(=O)c1cc(-c2cc(OC)ccc2OC)n(C)n1. The second-order valence-electron chi connectivity index (χ2n) is 5.39. The third-order valence-corrected chi connectivity index (χ3v) is 3.78. The second kappa shape index (κ2) is 7.17. The van der Waals surface area contributed by atoms with Crippen molar-refractivity contribution in [2.24, 2.45) is 7.05 Å². The van der Waals surface area contributed by atoms with E-state index >= 15 is 0 Å². The maximum absolute atomic E-state index is 12.2. The molecule has 0 radical (unpaired) electrons. The molecule has 0 aliphatic heterocycles. The van der Waals surface area contributed by atoms with Crippen LogP contribution in [0.25, 0.3) is 11.3 Å². The highest BCUT2D eigenvalue weighted by Gasteiger charge is 2.18. The molecule has 1 amide bonds. The maximum atomic E-state index is 12.2. The van der Waals surface area contributed by atoms with Crippen LogP contribution >= 0.6 is 0 Å². The highest BCUT2D eigenvalue weighted by Crippen LogP contribution is 2.33. The predicted molar refractivity (Wildman–Crippen MR) is 89.0 cm³/mol. The normalized spacial score (nSPS) is 11.9. The summed E-state index contributed by atoms with van der Waals surface area (Å²) in [5.74, 6) is 1.23. The number of amides is 1. The van der Waals surface area contributed by atoms with Crippen LogP contribution in [-0.2, 0) is 7.05 Å². The van der Waals surface area contributed by atoms with E-state index in [0.29, 0.717) is 17.2 Å². The molecule has 1 aromatic carbocycles. The Labute approximate surface area is 136 Å². The number of hydrogen-bond donors (Lipinski definition) is 1. The Bertz CT molecular complexity index is 694. The van der Waals surface area contributed by atoms with Gasteiger partial charge in [0.05, 0.1) is 19.9 Å². The smallest absolute Gasteiger partial charge is 0.272 e. The van der Waals surface area contributed by atoms with Crippen LogP contribution in [-0.4, -0.2) is 35.9 Å². The fourth-order valence-corrected chi connectivity index (χ4v) is 2.24. The Hall–Kier alpha value is -2.50. The number of ether oxygens (including phenoxy) is 2. The standard InChI is InChI=1S/C17H23N3O3/c1-6-11(2)18-17(21)14-10-15(20(3)19-14)13-9-12(22-4)7-8-16(13)23-5/h7-11H,6H2,1-5H3,(H,18,21). The van der Waals surface area contributed by atoms with Gasteiger partial charge < -0.3 is 14.8 Å². The van der Waals surface area contributed by atoms with Crippen molar-refractivity contribution in [3.05, 3.63) is 30.0 Å². The molecule has 0 spiro atoms. The van der Waals surface area contributed by atoms with E-state index in [2.05, 4.69) is 10.4 Å². The number of aryl methyl sites for hydroxylation is 1. The summed E-state index contributed by atoms with van der Waals surface area (Å²) in [6.45, 7) is 3.99. The molecule has 0 saturated carbocycles. The van der Waals surface area contributed by atoms with Crippen molar-refractivity contribution in [2.45, 2.75) is 26.3 Å². The number of nitrogens with zero attached hydrogens (tertiary/aromatic N) is 2. The molecule has 2 aromatic rings. The summed E-state index contributed by atoms with van der Waals surface area (Å²) in [5, 5.41) is 7.23. The fourth-order valence-electron chi connectivity index (χ4n) is 2.24. The molecule has 1 unspecified atom stereocenters. The number of hydrogen-bond acceptors (Lipinski definition) is 4. The lowest BCUT2D eigenvalue weighted by Gasteiger charge is -2.10. The molecule has 124 valence electrons. The van der Waals surface area contributed by atoms with Crippen molar-refractivity contribution in [3.63, 3.8) is 0 Å². The van der Waals surface area contributed by atoms with E-state index in [9.17, 15) is 4.79 Å². The number of rotatable bonds is 6. The van der Waals surface area contributed by atoms with Crippen molar-refractivity contribution in [2.75, 3.05) is 14.2 Å². The minimum Gasteiger partial charge on any atom is -0.497 e. The second-order valence-corrected chi connectivity index (χ2v) is 5.39. The number of carbonyl (C=O) groups is 1. The average molecular weight is 317 g/mol. The van der Waals surface area contributed by atoms with E-state index in [1.165, 1.54) is 0 Å². The van der Waals surface area contributed by atoms with Gasteiger partial charge in [-0.2, -0.15) is 5.10 Å². The van der Waals surface area contributed by atoms with Gasteiger partial charge in [-0.1, -0.05) is 6.92 Å². The highest BCUT2D eigenvalue weighted by atomic mass is 16.5. The Kier molecular flexibility index (Phi) is 5.26. The minimum absolute atomic E-state index is 0.110. The molecule has 1 atom stereocenters. The van der Waals surface area contributed by atoms with Crippen LogP contribution in [0.15, 0.2) is 24.3 Å². The van der Waals surface area contributed by atoms with Crippen LogP contribution in [0.3, 0.4) is 0 Å². The molecule has 1 aromatic heterocycles. The number of methoxy groups -OCH3 is 2. The first kappa shape index (κ1) is 16.9. The minimum atomic E-state index is -0.178. The summed E-state index contributed by atoms with van der Waals surface area (Å²) >= 11 is 0. The summed E-state index contributed by atoms with van der Waals surface area (Å²) < 4.78 is 12.4. The van der Waals surface area contributed by atoms with Gasteiger partial charge in [0.1, 0.15) is 11.5 Å². The van der Waals surface area contributed by atoms with E-state index < -0.39 is 0 Å². The Morgan fingerprint density at radius 3 is 2.65 bits per heavy atom. The first-order valence-corrected chi connectivity index (χ1v) is 7.57. The van der Waals surface area contributed by atoms with Crippen LogP contribution < -0.4 is 14.8 Å². The largest absolute Gasteiger partial charge is 0.497 e. The van der Waals surface area contributed by atoms with Crippen molar-refractivity contribution in [1.82, 2.24) is 15.1 Å². The van der Waals surface area contributed by atoms with Gasteiger partial charge in [-0.15, -0.1) is 0 Å². The summed E-state index contributed by atoms with van der Waals surface area (Å²) in [6, 6.07) is 7.40. The topological polar surface area (TPSA) is 65.4 Å². The van der Waals surface area contributed by atoms with Gasteiger partial charge in [0.2, 0.25) is 0 Å². The number of aromatic nitrogens is 2. The third-order valence-electron chi connectivity index (χ3n) is 3.78. The third kappa shape index (κ3) is 3.64. The van der Waals surface area contributed by atoms with Crippen molar-refractivity contribution in [3.8, 4) is 22.8 Å². The molecule has 0 saturated heterocycles.